The van der Waals surface area contributed by atoms with Crippen molar-refractivity contribution in [1.29, 1.82) is 5.26 Å². The van der Waals surface area contributed by atoms with Crippen LogP contribution >= 0.6 is 23.2 Å². The zero-order valence-corrected chi connectivity index (χ0v) is 19.5. The Hall–Kier alpha value is -4.39. The van der Waals surface area contributed by atoms with Crippen LogP contribution in [0.2, 0.25) is 10.0 Å². The third kappa shape index (κ3) is 6.35. The van der Waals surface area contributed by atoms with E-state index in [1.54, 1.807) is 18.2 Å². The van der Waals surface area contributed by atoms with E-state index in [1.807, 2.05) is 0 Å². The summed E-state index contributed by atoms with van der Waals surface area (Å²) in [5.74, 6) is -1.08. The van der Waals surface area contributed by atoms with Gasteiger partial charge in [0, 0.05) is 17.2 Å². The number of non-ortho nitro benzene ring substituents is 1. The number of benzene rings is 3. The summed E-state index contributed by atoms with van der Waals surface area (Å²) in [5.41, 5.74) is 0.286. The molecule has 0 fully saturated rings. The molecule has 3 rings (SSSR count). The molecular formula is C24H15Cl2N3O6. The van der Waals surface area contributed by atoms with Crippen molar-refractivity contribution < 1.29 is 24.0 Å². The summed E-state index contributed by atoms with van der Waals surface area (Å²) in [6, 6.07) is 15.9. The van der Waals surface area contributed by atoms with E-state index < -0.39 is 16.8 Å². The second kappa shape index (κ2) is 11.2. The van der Waals surface area contributed by atoms with E-state index >= 15 is 0 Å². The number of nitro groups is 1. The summed E-state index contributed by atoms with van der Waals surface area (Å²) in [6.07, 6.45) is 1.29. The zero-order chi connectivity index (χ0) is 25.5. The number of hydrogen-bond acceptors (Lipinski definition) is 7. The lowest BCUT2D eigenvalue weighted by Crippen LogP contribution is -2.14. The van der Waals surface area contributed by atoms with E-state index in [4.69, 9.17) is 32.7 Å². The van der Waals surface area contributed by atoms with Crippen LogP contribution in [0, 0.1) is 21.4 Å². The van der Waals surface area contributed by atoms with Crippen LogP contribution in [0.1, 0.15) is 15.9 Å². The van der Waals surface area contributed by atoms with E-state index in [0.717, 1.165) is 6.07 Å². The highest BCUT2D eigenvalue weighted by Crippen LogP contribution is 2.30. The molecule has 3 aromatic carbocycles. The van der Waals surface area contributed by atoms with Crippen LogP contribution in [-0.4, -0.2) is 23.9 Å². The molecule has 0 saturated carbocycles. The molecule has 1 amide bonds. The second-order valence-electron chi connectivity index (χ2n) is 6.85. The van der Waals surface area contributed by atoms with Crippen molar-refractivity contribution in [2.75, 3.05) is 12.4 Å². The standard InChI is InChI=1S/C24H15Cl2N3O6/c1-34-22-11-14(2-9-21(22)35-24(31)15-3-5-17(25)6-4-15)10-16(13-27)23(30)28-20-8-7-18(29(32)33)12-19(20)26/h2-12H,1H3,(H,28,30)/b16-10-. The van der Waals surface area contributed by atoms with Crippen LogP contribution in [0.3, 0.4) is 0 Å². The van der Waals surface area contributed by atoms with Gasteiger partial charge in [0.2, 0.25) is 0 Å². The van der Waals surface area contributed by atoms with Crippen molar-refractivity contribution in [3.05, 3.63) is 97.5 Å². The second-order valence-corrected chi connectivity index (χ2v) is 7.70. The van der Waals surface area contributed by atoms with Gasteiger partial charge in [-0.3, -0.25) is 14.9 Å². The fourth-order valence-corrected chi connectivity index (χ4v) is 3.17. The van der Waals surface area contributed by atoms with Gasteiger partial charge in [0.1, 0.15) is 11.6 Å². The van der Waals surface area contributed by atoms with E-state index in [2.05, 4.69) is 5.32 Å². The molecule has 35 heavy (non-hydrogen) atoms. The molecule has 0 heterocycles. The summed E-state index contributed by atoms with van der Waals surface area (Å²) < 4.78 is 10.7. The lowest BCUT2D eigenvalue weighted by molar-refractivity contribution is -0.384. The molecule has 9 nitrogen and oxygen atoms in total. The first-order valence-electron chi connectivity index (χ1n) is 9.74. The molecular weight excluding hydrogens is 497 g/mol. The Labute approximate surface area is 209 Å². The number of halogens is 2. The number of carbonyl (C=O) groups is 2. The van der Waals surface area contributed by atoms with Gasteiger partial charge in [0.15, 0.2) is 11.5 Å². The monoisotopic (exact) mass is 511 g/mol. The summed E-state index contributed by atoms with van der Waals surface area (Å²) >= 11 is 11.8. The Morgan fingerprint density at radius 2 is 1.77 bits per heavy atom. The average Bonchev–Trinajstić information content (AvgIpc) is 2.84. The minimum atomic E-state index is -0.777. The van der Waals surface area contributed by atoms with Crippen LogP contribution in [0.15, 0.2) is 66.2 Å². The molecule has 0 aromatic heterocycles. The number of nitrogens with zero attached hydrogens (tertiary/aromatic N) is 2. The van der Waals surface area contributed by atoms with Gasteiger partial charge in [0.25, 0.3) is 11.6 Å². The molecule has 0 spiro atoms. The summed E-state index contributed by atoms with van der Waals surface area (Å²) in [5, 5.41) is 23.1. The van der Waals surface area contributed by atoms with Gasteiger partial charge in [0.05, 0.1) is 28.3 Å². The molecule has 176 valence electrons. The first-order chi connectivity index (χ1) is 16.7. The molecule has 0 aliphatic carbocycles. The normalized spacial score (nSPS) is 10.7. The van der Waals surface area contributed by atoms with Crippen molar-refractivity contribution in [2.45, 2.75) is 0 Å². The van der Waals surface area contributed by atoms with Crippen LogP contribution < -0.4 is 14.8 Å². The fraction of sp³-hybridized carbons (Fsp3) is 0.0417. The highest BCUT2D eigenvalue weighted by molar-refractivity contribution is 6.34. The van der Waals surface area contributed by atoms with Gasteiger partial charge >= 0.3 is 5.97 Å². The van der Waals surface area contributed by atoms with E-state index in [9.17, 15) is 25.0 Å². The average molecular weight is 512 g/mol. The van der Waals surface area contributed by atoms with Crippen LogP contribution in [0.5, 0.6) is 11.5 Å². The Kier molecular flexibility index (Phi) is 8.04. The largest absolute Gasteiger partial charge is 0.493 e. The molecule has 1 N–H and O–H groups in total. The maximum absolute atomic E-state index is 12.6. The van der Waals surface area contributed by atoms with Gasteiger partial charge in [-0.25, -0.2) is 4.79 Å². The van der Waals surface area contributed by atoms with Gasteiger partial charge < -0.3 is 14.8 Å². The molecule has 0 aliphatic heterocycles. The molecule has 0 radical (unpaired) electrons. The number of nitriles is 1. The number of anilines is 1. The summed E-state index contributed by atoms with van der Waals surface area (Å²) in [4.78, 5) is 35.1. The predicted octanol–water partition coefficient (Wildman–Crippen LogP) is 5.68. The van der Waals surface area contributed by atoms with Gasteiger partial charge in [-0.15, -0.1) is 0 Å². The topological polar surface area (TPSA) is 132 Å². The minimum absolute atomic E-state index is 0.0571. The third-order valence-electron chi connectivity index (χ3n) is 4.56. The number of carbonyl (C=O) groups excluding carboxylic acids is 2. The highest BCUT2D eigenvalue weighted by atomic mass is 35.5. The number of esters is 1. The number of nitro benzene ring substituents is 1. The molecule has 3 aromatic rings. The third-order valence-corrected chi connectivity index (χ3v) is 5.12. The van der Waals surface area contributed by atoms with Crippen molar-refractivity contribution >= 4 is 52.5 Å². The van der Waals surface area contributed by atoms with Crippen LogP contribution in [0.4, 0.5) is 11.4 Å². The Balaban J connectivity index is 1.79. The van der Waals surface area contributed by atoms with Crippen LogP contribution in [-0.2, 0) is 4.79 Å². The van der Waals surface area contributed by atoms with Crippen molar-refractivity contribution in [3.63, 3.8) is 0 Å². The lowest BCUT2D eigenvalue weighted by atomic mass is 10.1. The number of ether oxygens (including phenoxy) is 2. The minimum Gasteiger partial charge on any atom is -0.493 e. The predicted molar refractivity (Wildman–Crippen MR) is 130 cm³/mol. The number of hydrogen-bond donors (Lipinski definition) is 1. The summed E-state index contributed by atoms with van der Waals surface area (Å²) in [6.45, 7) is 0. The number of nitrogens with one attached hydrogen (secondary N) is 1. The first kappa shape index (κ1) is 25.2. The fourth-order valence-electron chi connectivity index (χ4n) is 2.83. The number of methoxy groups -OCH3 is 1. The Morgan fingerprint density at radius 3 is 2.37 bits per heavy atom. The maximum Gasteiger partial charge on any atom is 0.343 e. The van der Waals surface area contributed by atoms with Crippen LogP contribution in [0.25, 0.3) is 6.08 Å². The van der Waals surface area contributed by atoms with E-state index in [0.29, 0.717) is 10.6 Å². The molecule has 0 aliphatic rings. The van der Waals surface area contributed by atoms with Gasteiger partial charge in [-0.1, -0.05) is 29.3 Å². The maximum atomic E-state index is 12.6. The lowest BCUT2D eigenvalue weighted by Gasteiger charge is -2.10. The molecule has 0 bridgehead atoms. The van der Waals surface area contributed by atoms with E-state index in [1.165, 1.54) is 55.7 Å². The van der Waals surface area contributed by atoms with Crippen molar-refractivity contribution in [1.82, 2.24) is 0 Å². The summed E-state index contributed by atoms with van der Waals surface area (Å²) in [7, 11) is 1.37. The van der Waals surface area contributed by atoms with Gasteiger partial charge in [-0.2, -0.15) is 5.26 Å². The smallest absolute Gasteiger partial charge is 0.343 e. The van der Waals surface area contributed by atoms with E-state index in [-0.39, 0.29) is 39.0 Å². The first-order valence-corrected chi connectivity index (χ1v) is 10.5. The number of amides is 1. The van der Waals surface area contributed by atoms with Gasteiger partial charge in [-0.05, 0) is 54.1 Å². The Morgan fingerprint density at radius 1 is 1.06 bits per heavy atom. The molecule has 0 atom stereocenters. The Bertz CT molecular complexity index is 1380. The molecule has 0 saturated heterocycles. The zero-order valence-electron chi connectivity index (χ0n) is 18.0. The highest BCUT2D eigenvalue weighted by Gasteiger charge is 2.16. The quantitative estimate of drug-likeness (QED) is 0.108. The number of rotatable bonds is 7. The van der Waals surface area contributed by atoms with Crippen molar-refractivity contribution in [2.24, 2.45) is 0 Å². The molecule has 11 heteroatoms. The molecule has 0 unspecified atom stereocenters. The SMILES string of the molecule is COc1cc(/C=C(/C#N)C(=O)Nc2ccc([N+](=O)[O-])cc2Cl)ccc1OC(=O)c1ccc(Cl)cc1. The van der Waals surface area contributed by atoms with Crippen molar-refractivity contribution in [3.8, 4) is 17.6 Å².